The van der Waals surface area contributed by atoms with Crippen molar-refractivity contribution in [2.75, 3.05) is 6.54 Å². The van der Waals surface area contributed by atoms with Crippen molar-refractivity contribution in [3.63, 3.8) is 0 Å². The molecule has 0 unspecified atom stereocenters. The topological polar surface area (TPSA) is 46.2 Å². The maximum atomic E-state index is 9.81. The molecule has 1 fully saturated rings. The molecule has 0 atom stereocenters. The Balaban J connectivity index is 2.15. The zero-order valence-electron chi connectivity index (χ0n) is 9.78. The van der Waals surface area contributed by atoms with Crippen LogP contribution in [-0.4, -0.2) is 11.7 Å². The first kappa shape index (κ1) is 11.5. The maximum absolute atomic E-state index is 9.81. The fraction of sp³-hybridized carbons (Fsp3) is 0.571. The summed E-state index contributed by atoms with van der Waals surface area (Å²) in [7, 11) is 0. The van der Waals surface area contributed by atoms with E-state index >= 15 is 0 Å². The molecule has 0 heterocycles. The van der Waals surface area contributed by atoms with E-state index in [-0.39, 0.29) is 5.41 Å². The van der Waals surface area contributed by atoms with E-state index < -0.39 is 0 Å². The summed E-state index contributed by atoms with van der Waals surface area (Å²) in [5, 5.41) is 9.81. The number of benzene rings is 1. The van der Waals surface area contributed by atoms with E-state index in [2.05, 4.69) is 0 Å². The molecule has 1 aromatic rings. The second kappa shape index (κ2) is 4.88. The first-order valence-electron chi connectivity index (χ1n) is 6.23. The molecule has 0 aliphatic heterocycles. The van der Waals surface area contributed by atoms with Gasteiger partial charge < -0.3 is 10.8 Å². The molecule has 2 rings (SSSR count). The lowest BCUT2D eigenvalue weighted by molar-refractivity contribution is 0.195. The molecule has 0 radical (unpaired) electrons. The van der Waals surface area contributed by atoms with Crippen molar-refractivity contribution >= 4 is 0 Å². The van der Waals surface area contributed by atoms with Crippen LogP contribution in [0, 0.1) is 5.41 Å². The van der Waals surface area contributed by atoms with Gasteiger partial charge in [-0.3, -0.25) is 0 Å². The minimum atomic E-state index is 0.233. The van der Waals surface area contributed by atoms with Crippen LogP contribution in [0.3, 0.4) is 0 Å². The first-order chi connectivity index (χ1) is 7.76. The van der Waals surface area contributed by atoms with Crippen molar-refractivity contribution in [1.82, 2.24) is 0 Å². The summed E-state index contributed by atoms with van der Waals surface area (Å²) < 4.78 is 0. The normalized spacial score (nSPS) is 19.6. The third-order valence-corrected chi connectivity index (χ3v) is 3.90. The van der Waals surface area contributed by atoms with E-state index in [0.29, 0.717) is 5.75 Å². The van der Waals surface area contributed by atoms with Gasteiger partial charge in [0, 0.05) is 0 Å². The number of nitrogens with two attached hydrogens (primary N) is 1. The molecule has 2 heteroatoms. The van der Waals surface area contributed by atoms with Crippen molar-refractivity contribution in [3.05, 3.63) is 29.8 Å². The standard InChI is InChI=1S/C14H21NO/c15-11-14(8-4-1-5-9-14)10-12-6-2-3-7-13(12)16/h2-3,6-7,16H,1,4-5,8-11,15H2. The number of hydrogen-bond acceptors (Lipinski definition) is 2. The van der Waals surface area contributed by atoms with Gasteiger partial charge in [-0.25, -0.2) is 0 Å². The molecule has 0 aromatic heterocycles. The van der Waals surface area contributed by atoms with Crippen LogP contribution in [0.4, 0.5) is 0 Å². The summed E-state index contributed by atoms with van der Waals surface area (Å²) in [6.07, 6.45) is 7.24. The van der Waals surface area contributed by atoms with Crippen molar-refractivity contribution < 1.29 is 5.11 Å². The van der Waals surface area contributed by atoms with Gasteiger partial charge in [0.1, 0.15) is 5.75 Å². The van der Waals surface area contributed by atoms with E-state index in [0.717, 1.165) is 18.5 Å². The van der Waals surface area contributed by atoms with E-state index in [1.54, 1.807) is 6.07 Å². The molecule has 1 saturated carbocycles. The van der Waals surface area contributed by atoms with Crippen LogP contribution >= 0.6 is 0 Å². The molecule has 1 aromatic carbocycles. The van der Waals surface area contributed by atoms with Gasteiger partial charge in [0.05, 0.1) is 0 Å². The third-order valence-electron chi connectivity index (χ3n) is 3.90. The lowest BCUT2D eigenvalue weighted by Crippen LogP contribution is -2.34. The molecule has 0 saturated heterocycles. The summed E-state index contributed by atoms with van der Waals surface area (Å²) in [4.78, 5) is 0. The molecule has 0 bridgehead atoms. The van der Waals surface area contributed by atoms with E-state index in [1.807, 2.05) is 18.2 Å². The van der Waals surface area contributed by atoms with E-state index in [9.17, 15) is 5.11 Å². The highest BCUT2D eigenvalue weighted by atomic mass is 16.3. The zero-order valence-corrected chi connectivity index (χ0v) is 9.78. The highest BCUT2D eigenvalue weighted by molar-refractivity contribution is 5.32. The summed E-state index contributed by atoms with van der Waals surface area (Å²) >= 11 is 0. The smallest absolute Gasteiger partial charge is 0.118 e. The predicted molar refractivity (Wildman–Crippen MR) is 66.4 cm³/mol. The van der Waals surface area contributed by atoms with Gasteiger partial charge in [0.15, 0.2) is 0 Å². The Morgan fingerprint density at radius 1 is 1.12 bits per heavy atom. The number of rotatable bonds is 3. The summed E-state index contributed by atoms with van der Waals surface area (Å²) in [5.74, 6) is 0.417. The summed E-state index contributed by atoms with van der Waals surface area (Å²) in [6.45, 7) is 0.737. The zero-order chi connectivity index (χ0) is 11.4. The van der Waals surface area contributed by atoms with Gasteiger partial charge >= 0.3 is 0 Å². The maximum Gasteiger partial charge on any atom is 0.118 e. The van der Waals surface area contributed by atoms with Gasteiger partial charge in [-0.15, -0.1) is 0 Å². The van der Waals surface area contributed by atoms with Crippen LogP contribution in [-0.2, 0) is 6.42 Å². The van der Waals surface area contributed by atoms with Crippen LogP contribution in [0.15, 0.2) is 24.3 Å². The van der Waals surface area contributed by atoms with Crippen molar-refractivity contribution in [2.45, 2.75) is 38.5 Å². The van der Waals surface area contributed by atoms with Gasteiger partial charge in [-0.1, -0.05) is 37.5 Å². The largest absolute Gasteiger partial charge is 0.508 e. The molecule has 16 heavy (non-hydrogen) atoms. The van der Waals surface area contributed by atoms with Gasteiger partial charge in [-0.05, 0) is 42.9 Å². The highest BCUT2D eigenvalue weighted by Crippen LogP contribution is 2.39. The minimum Gasteiger partial charge on any atom is -0.508 e. The summed E-state index contributed by atoms with van der Waals surface area (Å²) in [5.41, 5.74) is 7.24. The lowest BCUT2D eigenvalue weighted by atomic mass is 9.70. The number of phenols is 1. The van der Waals surface area contributed by atoms with Crippen LogP contribution in [0.25, 0.3) is 0 Å². The van der Waals surface area contributed by atoms with Crippen LogP contribution < -0.4 is 5.73 Å². The Kier molecular flexibility index (Phi) is 3.49. The van der Waals surface area contributed by atoms with E-state index in [4.69, 9.17) is 5.73 Å². The van der Waals surface area contributed by atoms with E-state index in [1.165, 1.54) is 32.1 Å². The molecule has 0 amide bonds. The van der Waals surface area contributed by atoms with Crippen LogP contribution in [0.5, 0.6) is 5.75 Å². The Morgan fingerprint density at radius 2 is 1.81 bits per heavy atom. The highest BCUT2D eigenvalue weighted by Gasteiger charge is 2.31. The number of phenolic OH excluding ortho intramolecular Hbond substituents is 1. The molecule has 1 aliphatic carbocycles. The Bertz CT molecular complexity index is 342. The molecule has 88 valence electrons. The fourth-order valence-corrected chi connectivity index (χ4v) is 2.82. The monoisotopic (exact) mass is 219 g/mol. The van der Waals surface area contributed by atoms with Crippen molar-refractivity contribution in [2.24, 2.45) is 11.1 Å². The molecule has 0 spiro atoms. The molecular formula is C14H21NO. The van der Waals surface area contributed by atoms with Crippen LogP contribution in [0.1, 0.15) is 37.7 Å². The van der Waals surface area contributed by atoms with Gasteiger partial charge in [0.2, 0.25) is 0 Å². The molecule has 3 N–H and O–H groups in total. The second-order valence-electron chi connectivity index (χ2n) is 5.07. The lowest BCUT2D eigenvalue weighted by Gasteiger charge is -2.36. The molecular weight excluding hydrogens is 198 g/mol. The predicted octanol–water partition coefficient (Wildman–Crippen LogP) is 2.84. The molecule has 1 aliphatic rings. The van der Waals surface area contributed by atoms with Crippen LogP contribution in [0.2, 0.25) is 0 Å². The second-order valence-corrected chi connectivity index (χ2v) is 5.07. The fourth-order valence-electron chi connectivity index (χ4n) is 2.82. The number of aromatic hydroxyl groups is 1. The van der Waals surface area contributed by atoms with Gasteiger partial charge in [0.25, 0.3) is 0 Å². The Labute approximate surface area is 97.5 Å². The SMILES string of the molecule is NCC1(Cc2ccccc2O)CCCCC1. The average molecular weight is 219 g/mol. The minimum absolute atomic E-state index is 0.233. The Hall–Kier alpha value is -1.02. The third kappa shape index (κ3) is 2.38. The van der Waals surface area contributed by atoms with Gasteiger partial charge in [-0.2, -0.15) is 0 Å². The number of para-hydroxylation sites is 1. The average Bonchev–Trinajstić information content (AvgIpc) is 2.33. The first-order valence-corrected chi connectivity index (χ1v) is 6.23. The quantitative estimate of drug-likeness (QED) is 0.821. The molecule has 2 nitrogen and oxygen atoms in total. The van der Waals surface area contributed by atoms with Crippen molar-refractivity contribution in [3.8, 4) is 5.75 Å². The van der Waals surface area contributed by atoms with Crippen molar-refractivity contribution in [1.29, 1.82) is 0 Å². The Morgan fingerprint density at radius 3 is 2.44 bits per heavy atom. The number of hydrogen-bond donors (Lipinski definition) is 2. The summed E-state index contributed by atoms with van der Waals surface area (Å²) in [6, 6.07) is 7.64.